The van der Waals surface area contributed by atoms with Crippen molar-refractivity contribution in [2.24, 2.45) is 0 Å². The van der Waals surface area contributed by atoms with Gasteiger partial charge in [0.15, 0.2) is 19.0 Å². The van der Waals surface area contributed by atoms with Gasteiger partial charge in [-0.25, -0.2) is 4.79 Å². The molecule has 0 saturated heterocycles. The SMILES string of the molecule is C[C@@H](NC(=O)COC(=O)COc1ccccc1[N+](=O)[O-])c1cccc(Cl)c1. The van der Waals surface area contributed by atoms with E-state index >= 15 is 0 Å². The van der Waals surface area contributed by atoms with Crippen LogP contribution in [0.3, 0.4) is 0 Å². The van der Waals surface area contributed by atoms with Gasteiger partial charge in [-0.05, 0) is 30.7 Å². The quantitative estimate of drug-likeness (QED) is 0.420. The van der Waals surface area contributed by atoms with Crippen molar-refractivity contribution < 1.29 is 24.0 Å². The van der Waals surface area contributed by atoms with E-state index in [0.717, 1.165) is 5.56 Å². The van der Waals surface area contributed by atoms with Crippen molar-refractivity contribution in [2.75, 3.05) is 13.2 Å². The molecule has 0 aliphatic heterocycles. The smallest absolute Gasteiger partial charge is 0.344 e. The van der Waals surface area contributed by atoms with Gasteiger partial charge in [0.05, 0.1) is 11.0 Å². The number of ether oxygens (including phenoxy) is 2. The molecular formula is C18H17ClN2O6. The molecule has 0 saturated carbocycles. The molecule has 2 aromatic rings. The van der Waals surface area contributed by atoms with Crippen LogP contribution in [0.4, 0.5) is 5.69 Å². The molecule has 0 bridgehead atoms. The number of nitrogens with zero attached hydrogens (tertiary/aromatic N) is 1. The van der Waals surface area contributed by atoms with Crippen LogP contribution in [0.5, 0.6) is 5.75 Å². The van der Waals surface area contributed by atoms with Gasteiger partial charge in [0.2, 0.25) is 0 Å². The van der Waals surface area contributed by atoms with Crippen molar-refractivity contribution in [3.05, 3.63) is 69.2 Å². The third-order valence-corrected chi connectivity index (χ3v) is 3.73. The molecule has 0 aliphatic carbocycles. The van der Waals surface area contributed by atoms with Crippen LogP contribution in [0.15, 0.2) is 48.5 Å². The minimum atomic E-state index is -0.821. The van der Waals surface area contributed by atoms with Crippen LogP contribution in [0.25, 0.3) is 0 Å². The molecule has 0 heterocycles. The van der Waals surface area contributed by atoms with Crippen molar-refractivity contribution in [1.29, 1.82) is 0 Å². The number of esters is 1. The Morgan fingerprint density at radius 1 is 1.19 bits per heavy atom. The zero-order valence-electron chi connectivity index (χ0n) is 14.4. The highest BCUT2D eigenvalue weighted by molar-refractivity contribution is 6.30. The number of nitrogens with one attached hydrogen (secondary N) is 1. The van der Waals surface area contributed by atoms with Crippen LogP contribution in [-0.2, 0) is 14.3 Å². The summed E-state index contributed by atoms with van der Waals surface area (Å²) in [7, 11) is 0. The average Bonchev–Trinajstić information content (AvgIpc) is 2.64. The maximum absolute atomic E-state index is 11.9. The summed E-state index contributed by atoms with van der Waals surface area (Å²) in [6.07, 6.45) is 0. The van der Waals surface area contributed by atoms with Gasteiger partial charge in [-0.15, -0.1) is 0 Å². The first-order chi connectivity index (χ1) is 12.9. The number of halogens is 1. The number of para-hydroxylation sites is 2. The van der Waals surface area contributed by atoms with E-state index in [0.29, 0.717) is 5.02 Å². The molecule has 2 aromatic carbocycles. The Balaban J connectivity index is 1.78. The van der Waals surface area contributed by atoms with E-state index in [2.05, 4.69) is 5.32 Å². The number of nitro groups is 1. The zero-order chi connectivity index (χ0) is 19.8. The molecular weight excluding hydrogens is 376 g/mol. The standard InChI is InChI=1S/C18H17ClN2O6/c1-12(13-5-4-6-14(19)9-13)20-17(22)10-27-18(23)11-26-16-8-3-2-7-15(16)21(24)25/h2-9,12H,10-11H2,1H3,(H,20,22)/t12-/m1/s1. The van der Waals surface area contributed by atoms with Crippen molar-refractivity contribution in [1.82, 2.24) is 5.32 Å². The Labute approximate surface area is 160 Å². The monoisotopic (exact) mass is 392 g/mol. The number of carbonyl (C=O) groups excluding carboxylic acids is 2. The van der Waals surface area contributed by atoms with Gasteiger partial charge in [-0.3, -0.25) is 14.9 Å². The van der Waals surface area contributed by atoms with Gasteiger partial charge in [0, 0.05) is 11.1 Å². The first-order valence-corrected chi connectivity index (χ1v) is 8.31. The second-order valence-corrected chi connectivity index (χ2v) is 5.95. The van der Waals surface area contributed by atoms with Gasteiger partial charge < -0.3 is 14.8 Å². The lowest BCUT2D eigenvalue weighted by Crippen LogP contribution is -2.32. The fraction of sp³-hybridized carbons (Fsp3) is 0.222. The average molecular weight is 393 g/mol. The Bertz CT molecular complexity index is 842. The molecule has 1 atom stereocenters. The lowest BCUT2D eigenvalue weighted by Gasteiger charge is -2.14. The van der Waals surface area contributed by atoms with Crippen LogP contribution in [-0.4, -0.2) is 30.0 Å². The molecule has 8 nitrogen and oxygen atoms in total. The Morgan fingerprint density at radius 2 is 1.93 bits per heavy atom. The molecule has 0 spiro atoms. The van der Waals surface area contributed by atoms with E-state index in [1.165, 1.54) is 18.2 Å². The van der Waals surface area contributed by atoms with E-state index in [4.69, 9.17) is 21.1 Å². The third-order valence-electron chi connectivity index (χ3n) is 3.50. The van der Waals surface area contributed by atoms with Crippen LogP contribution >= 0.6 is 11.6 Å². The molecule has 142 valence electrons. The molecule has 2 rings (SSSR count). The van der Waals surface area contributed by atoms with Gasteiger partial charge in [0.25, 0.3) is 5.91 Å². The van der Waals surface area contributed by atoms with Crippen molar-refractivity contribution in [3.8, 4) is 5.75 Å². The number of nitro benzene ring substituents is 1. The number of rotatable bonds is 8. The molecule has 1 N–H and O–H groups in total. The van der Waals surface area contributed by atoms with E-state index in [9.17, 15) is 19.7 Å². The van der Waals surface area contributed by atoms with Crippen molar-refractivity contribution >= 4 is 29.2 Å². The summed E-state index contributed by atoms with van der Waals surface area (Å²) in [4.78, 5) is 33.8. The highest BCUT2D eigenvalue weighted by Crippen LogP contribution is 2.25. The molecule has 0 aliphatic rings. The van der Waals surface area contributed by atoms with Gasteiger partial charge >= 0.3 is 11.7 Å². The Hall–Kier alpha value is -3.13. The summed E-state index contributed by atoms with van der Waals surface area (Å²) < 4.78 is 9.91. The maximum atomic E-state index is 11.9. The van der Waals surface area contributed by atoms with Crippen molar-refractivity contribution in [3.63, 3.8) is 0 Å². The highest BCUT2D eigenvalue weighted by atomic mass is 35.5. The first-order valence-electron chi connectivity index (χ1n) is 7.93. The number of hydrogen-bond donors (Lipinski definition) is 1. The van der Waals surface area contributed by atoms with E-state index in [1.807, 2.05) is 6.07 Å². The van der Waals surface area contributed by atoms with Gasteiger partial charge in [-0.1, -0.05) is 35.9 Å². The van der Waals surface area contributed by atoms with Gasteiger partial charge in [0.1, 0.15) is 0 Å². The predicted octanol–water partition coefficient (Wildman–Crippen LogP) is 3.05. The molecule has 0 unspecified atom stereocenters. The van der Waals surface area contributed by atoms with Gasteiger partial charge in [-0.2, -0.15) is 0 Å². The second-order valence-electron chi connectivity index (χ2n) is 5.52. The molecule has 0 radical (unpaired) electrons. The van der Waals surface area contributed by atoms with Crippen LogP contribution in [0.1, 0.15) is 18.5 Å². The molecule has 0 fully saturated rings. The fourth-order valence-electron chi connectivity index (χ4n) is 2.20. The lowest BCUT2D eigenvalue weighted by atomic mass is 10.1. The Morgan fingerprint density at radius 3 is 2.63 bits per heavy atom. The maximum Gasteiger partial charge on any atom is 0.344 e. The van der Waals surface area contributed by atoms with Crippen LogP contribution in [0.2, 0.25) is 5.02 Å². The fourth-order valence-corrected chi connectivity index (χ4v) is 2.40. The summed E-state index contributed by atoms with van der Waals surface area (Å²) in [6, 6.07) is 12.3. The van der Waals surface area contributed by atoms with E-state index in [1.54, 1.807) is 31.2 Å². The van der Waals surface area contributed by atoms with Crippen LogP contribution < -0.4 is 10.1 Å². The number of benzene rings is 2. The molecule has 27 heavy (non-hydrogen) atoms. The summed E-state index contributed by atoms with van der Waals surface area (Å²) in [5, 5.41) is 14.1. The first kappa shape index (κ1) is 20.2. The largest absolute Gasteiger partial charge is 0.475 e. The predicted molar refractivity (Wildman–Crippen MR) is 97.6 cm³/mol. The van der Waals surface area contributed by atoms with Crippen molar-refractivity contribution in [2.45, 2.75) is 13.0 Å². The minimum Gasteiger partial charge on any atom is -0.475 e. The summed E-state index contributed by atoms with van der Waals surface area (Å²) >= 11 is 5.91. The summed E-state index contributed by atoms with van der Waals surface area (Å²) in [5.41, 5.74) is 0.542. The summed E-state index contributed by atoms with van der Waals surface area (Å²) in [5.74, 6) is -1.38. The van der Waals surface area contributed by atoms with Crippen LogP contribution in [0, 0.1) is 10.1 Å². The van der Waals surface area contributed by atoms with E-state index in [-0.39, 0.29) is 17.5 Å². The zero-order valence-corrected chi connectivity index (χ0v) is 15.1. The molecule has 0 aromatic heterocycles. The molecule has 9 heteroatoms. The summed E-state index contributed by atoms with van der Waals surface area (Å²) in [6.45, 7) is 0.717. The van der Waals surface area contributed by atoms with E-state index < -0.39 is 30.0 Å². The number of carbonyl (C=O) groups is 2. The lowest BCUT2D eigenvalue weighted by molar-refractivity contribution is -0.385. The third kappa shape index (κ3) is 6.27. The minimum absolute atomic E-state index is 0.0570. The second kappa shape index (κ2) is 9.54. The topological polar surface area (TPSA) is 108 Å². The number of amides is 1. The Kier molecular flexibility index (Phi) is 7.13. The normalized spacial score (nSPS) is 11.3. The highest BCUT2D eigenvalue weighted by Gasteiger charge is 2.16. The number of hydrogen-bond acceptors (Lipinski definition) is 6. The molecule has 1 amide bonds.